The zero-order valence-electron chi connectivity index (χ0n) is 17.1. The summed E-state index contributed by atoms with van der Waals surface area (Å²) in [6.07, 6.45) is 2.20. The maximum atomic E-state index is 12.2. The highest BCUT2D eigenvalue weighted by atomic mass is 32.2. The van der Waals surface area contributed by atoms with Crippen molar-refractivity contribution in [1.29, 1.82) is 0 Å². The number of carbonyl (C=O) groups is 1. The molecule has 4 rings (SSSR count). The van der Waals surface area contributed by atoms with Gasteiger partial charge in [0.25, 0.3) is 0 Å². The first-order valence-corrected chi connectivity index (χ1v) is 11.2. The SMILES string of the molecule is CCSc1nc(N2CCOCC2)c2cnn(CCNC(=O)Cc3ccccc3)c2n1. The van der Waals surface area contributed by atoms with E-state index in [-0.39, 0.29) is 5.91 Å². The van der Waals surface area contributed by atoms with Gasteiger partial charge in [-0.15, -0.1) is 0 Å². The molecule has 0 radical (unpaired) electrons. The molecule has 9 heteroatoms. The number of benzene rings is 1. The third kappa shape index (κ3) is 4.91. The molecule has 3 heterocycles. The van der Waals surface area contributed by atoms with Gasteiger partial charge in [-0.1, -0.05) is 49.0 Å². The molecule has 1 aliphatic heterocycles. The minimum atomic E-state index is 0.00326. The van der Waals surface area contributed by atoms with E-state index in [1.807, 2.05) is 41.2 Å². The standard InChI is InChI=1S/C21H26N6O2S/c1-2-30-21-24-19(26-10-12-29-13-11-26)17-15-23-27(20(17)25-21)9-8-22-18(28)14-16-6-4-3-5-7-16/h3-7,15H,2,8-14H2,1H3,(H,22,28). The molecule has 2 aromatic heterocycles. The number of rotatable bonds is 8. The Bertz CT molecular complexity index is 988. The van der Waals surface area contributed by atoms with E-state index >= 15 is 0 Å². The smallest absolute Gasteiger partial charge is 0.224 e. The Kier molecular flexibility index (Phi) is 6.81. The van der Waals surface area contributed by atoms with Gasteiger partial charge >= 0.3 is 0 Å². The van der Waals surface area contributed by atoms with Gasteiger partial charge in [0.05, 0.1) is 37.8 Å². The number of carbonyl (C=O) groups excluding carboxylic acids is 1. The summed E-state index contributed by atoms with van der Waals surface area (Å²) in [5.74, 6) is 1.82. The third-order valence-corrected chi connectivity index (χ3v) is 5.62. The summed E-state index contributed by atoms with van der Waals surface area (Å²) in [7, 11) is 0. The average molecular weight is 427 g/mol. The van der Waals surface area contributed by atoms with E-state index in [0.29, 0.717) is 32.7 Å². The number of aromatic nitrogens is 4. The number of ether oxygens (including phenoxy) is 1. The molecule has 1 aromatic carbocycles. The van der Waals surface area contributed by atoms with Gasteiger partial charge in [0.1, 0.15) is 5.82 Å². The van der Waals surface area contributed by atoms with Crippen LogP contribution in [0.4, 0.5) is 5.82 Å². The summed E-state index contributed by atoms with van der Waals surface area (Å²) in [4.78, 5) is 24.0. The van der Waals surface area contributed by atoms with E-state index in [0.717, 1.165) is 46.4 Å². The van der Waals surface area contributed by atoms with Gasteiger partial charge in [-0.3, -0.25) is 4.79 Å². The third-order valence-electron chi connectivity index (χ3n) is 4.89. The second kappa shape index (κ2) is 9.90. The molecule has 8 nitrogen and oxygen atoms in total. The normalized spacial score (nSPS) is 14.2. The number of hydrogen-bond donors (Lipinski definition) is 1. The number of hydrogen-bond acceptors (Lipinski definition) is 7. The average Bonchev–Trinajstić information content (AvgIpc) is 3.18. The van der Waals surface area contributed by atoms with Crippen LogP contribution in [0.5, 0.6) is 0 Å². The molecule has 0 unspecified atom stereocenters. The molecule has 1 amide bonds. The molecule has 0 bridgehead atoms. The van der Waals surface area contributed by atoms with Gasteiger partial charge < -0.3 is 15.0 Å². The topological polar surface area (TPSA) is 85.2 Å². The molecule has 0 spiro atoms. The lowest BCUT2D eigenvalue weighted by molar-refractivity contribution is -0.120. The van der Waals surface area contributed by atoms with Gasteiger partial charge in [0.2, 0.25) is 5.91 Å². The quantitative estimate of drug-likeness (QED) is 0.436. The number of nitrogens with zero attached hydrogens (tertiary/aromatic N) is 5. The summed E-state index contributed by atoms with van der Waals surface area (Å²) in [5, 5.41) is 9.19. The number of amides is 1. The molecule has 1 fully saturated rings. The van der Waals surface area contributed by atoms with E-state index < -0.39 is 0 Å². The molecule has 0 aliphatic carbocycles. The van der Waals surface area contributed by atoms with Crippen LogP contribution in [0.25, 0.3) is 11.0 Å². The van der Waals surface area contributed by atoms with Crippen molar-refractivity contribution in [3.63, 3.8) is 0 Å². The Balaban J connectivity index is 1.47. The van der Waals surface area contributed by atoms with Crippen molar-refractivity contribution in [3.8, 4) is 0 Å². The van der Waals surface area contributed by atoms with E-state index in [1.165, 1.54) is 0 Å². The maximum absolute atomic E-state index is 12.2. The molecular weight excluding hydrogens is 400 g/mol. The van der Waals surface area contributed by atoms with Gasteiger partial charge in [-0.25, -0.2) is 14.6 Å². The predicted octanol–water partition coefficient (Wildman–Crippen LogP) is 2.13. The van der Waals surface area contributed by atoms with Crippen molar-refractivity contribution in [1.82, 2.24) is 25.1 Å². The van der Waals surface area contributed by atoms with Crippen LogP contribution in [0.15, 0.2) is 41.7 Å². The Morgan fingerprint density at radius 1 is 1.20 bits per heavy atom. The lowest BCUT2D eigenvalue weighted by atomic mass is 10.1. The van der Waals surface area contributed by atoms with E-state index in [2.05, 4.69) is 22.2 Å². The second-order valence-electron chi connectivity index (χ2n) is 6.98. The summed E-state index contributed by atoms with van der Waals surface area (Å²) in [6.45, 7) is 6.15. The fraction of sp³-hybridized carbons (Fsp3) is 0.429. The Morgan fingerprint density at radius 2 is 2.00 bits per heavy atom. The summed E-state index contributed by atoms with van der Waals surface area (Å²) in [6, 6.07) is 9.74. The van der Waals surface area contributed by atoms with Crippen LogP contribution in [0.1, 0.15) is 12.5 Å². The zero-order chi connectivity index (χ0) is 20.8. The predicted molar refractivity (Wildman–Crippen MR) is 118 cm³/mol. The zero-order valence-corrected chi connectivity index (χ0v) is 17.9. The molecular formula is C21H26N6O2S. The largest absolute Gasteiger partial charge is 0.378 e. The highest BCUT2D eigenvalue weighted by molar-refractivity contribution is 7.99. The van der Waals surface area contributed by atoms with E-state index in [4.69, 9.17) is 14.7 Å². The molecule has 0 atom stereocenters. The number of nitrogens with one attached hydrogen (secondary N) is 1. The highest BCUT2D eigenvalue weighted by Crippen LogP contribution is 2.27. The van der Waals surface area contributed by atoms with Crippen molar-refractivity contribution in [2.24, 2.45) is 0 Å². The Morgan fingerprint density at radius 3 is 2.77 bits per heavy atom. The lowest BCUT2D eigenvalue weighted by Crippen LogP contribution is -2.37. The Labute approximate surface area is 180 Å². The minimum absolute atomic E-state index is 0.00326. The van der Waals surface area contributed by atoms with Crippen LogP contribution >= 0.6 is 11.8 Å². The van der Waals surface area contributed by atoms with Crippen molar-refractivity contribution in [3.05, 3.63) is 42.1 Å². The molecule has 30 heavy (non-hydrogen) atoms. The summed E-state index contributed by atoms with van der Waals surface area (Å²) in [5.41, 5.74) is 1.81. The number of anilines is 1. The van der Waals surface area contributed by atoms with Gasteiger partial charge in [0, 0.05) is 19.6 Å². The van der Waals surface area contributed by atoms with Crippen LogP contribution in [-0.4, -0.2) is 64.3 Å². The molecule has 1 aliphatic rings. The van der Waals surface area contributed by atoms with Crippen LogP contribution in [0.2, 0.25) is 0 Å². The van der Waals surface area contributed by atoms with Crippen molar-refractivity contribution in [2.45, 2.75) is 25.0 Å². The van der Waals surface area contributed by atoms with E-state index in [9.17, 15) is 4.79 Å². The fourth-order valence-corrected chi connectivity index (χ4v) is 4.00. The van der Waals surface area contributed by atoms with E-state index in [1.54, 1.807) is 11.8 Å². The highest BCUT2D eigenvalue weighted by Gasteiger charge is 2.20. The first-order valence-electron chi connectivity index (χ1n) is 10.2. The van der Waals surface area contributed by atoms with Gasteiger partial charge in [-0.2, -0.15) is 5.10 Å². The lowest BCUT2D eigenvalue weighted by Gasteiger charge is -2.28. The van der Waals surface area contributed by atoms with Crippen LogP contribution < -0.4 is 10.2 Å². The first-order chi connectivity index (χ1) is 14.7. The van der Waals surface area contributed by atoms with Crippen LogP contribution in [-0.2, 0) is 22.5 Å². The molecule has 158 valence electrons. The monoisotopic (exact) mass is 426 g/mol. The number of morpholine rings is 1. The first kappa shape index (κ1) is 20.6. The Hall–Kier alpha value is -2.65. The van der Waals surface area contributed by atoms with Gasteiger partial charge in [-0.05, 0) is 11.3 Å². The van der Waals surface area contributed by atoms with Crippen LogP contribution in [0, 0.1) is 0 Å². The molecule has 1 saturated heterocycles. The summed E-state index contributed by atoms with van der Waals surface area (Å²) >= 11 is 1.62. The molecule has 0 saturated carbocycles. The number of fused-ring (bicyclic) bond motifs is 1. The molecule has 3 aromatic rings. The van der Waals surface area contributed by atoms with Crippen molar-refractivity contribution >= 4 is 34.5 Å². The second-order valence-corrected chi connectivity index (χ2v) is 8.21. The van der Waals surface area contributed by atoms with Gasteiger partial charge in [0.15, 0.2) is 10.8 Å². The summed E-state index contributed by atoms with van der Waals surface area (Å²) < 4.78 is 7.33. The fourth-order valence-electron chi connectivity index (χ4n) is 3.44. The van der Waals surface area contributed by atoms with Crippen LogP contribution in [0.3, 0.4) is 0 Å². The van der Waals surface area contributed by atoms with Crippen molar-refractivity contribution < 1.29 is 9.53 Å². The number of thioether (sulfide) groups is 1. The maximum Gasteiger partial charge on any atom is 0.224 e. The van der Waals surface area contributed by atoms with Crippen molar-refractivity contribution in [2.75, 3.05) is 43.5 Å². The molecule has 1 N–H and O–H groups in total. The minimum Gasteiger partial charge on any atom is -0.378 e.